The Morgan fingerprint density at radius 1 is 1.44 bits per heavy atom. The minimum absolute atomic E-state index is 0. The molecule has 0 heterocycles. The van der Waals surface area contributed by atoms with Gasteiger partial charge in [0.15, 0.2) is 5.54 Å². The van der Waals surface area contributed by atoms with Crippen molar-refractivity contribution in [2.75, 3.05) is 13.2 Å². The molecule has 0 amide bonds. The Bertz CT molecular complexity index is 199. The second-order valence-electron chi connectivity index (χ2n) is 2.95. The largest absolute Gasteiger partial charge is 0.464 e. The Labute approximate surface area is 106 Å². The first-order chi connectivity index (χ1) is 6.49. The summed E-state index contributed by atoms with van der Waals surface area (Å²) in [6.07, 6.45) is -2.84. The summed E-state index contributed by atoms with van der Waals surface area (Å²) in [5.74, 6) is -1.07. The second kappa shape index (κ2) is 10.0. The van der Waals surface area contributed by atoms with Crippen molar-refractivity contribution in [3.63, 3.8) is 0 Å². The number of hydrogen-bond donors (Lipinski definition) is 2. The molecule has 0 fully saturated rings. The third-order valence-corrected chi connectivity index (χ3v) is 1.84. The smallest absolute Gasteiger partial charge is 0.332 e. The molecule has 0 aromatic carbocycles. The van der Waals surface area contributed by atoms with Crippen molar-refractivity contribution < 1.29 is 18.3 Å². The van der Waals surface area contributed by atoms with Gasteiger partial charge in [-0.05, 0) is 26.3 Å². The van der Waals surface area contributed by atoms with Crippen molar-refractivity contribution in [1.82, 2.24) is 0 Å². The predicted octanol–water partition coefficient (Wildman–Crippen LogP) is 1.09. The third-order valence-electron chi connectivity index (χ3n) is 1.84. The maximum Gasteiger partial charge on any atom is 0.332 e. The number of rotatable bonds is 6. The van der Waals surface area contributed by atoms with Gasteiger partial charge >= 0.3 is 5.97 Å². The zero-order chi connectivity index (χ0) is 11.2. The van der Waals surface area contributed by atoms with Crippen LogP contribution in [0.1, 0.15) is 19.8 Å². The van der Waals surface area contributed by atoms with Crippen LogP contribution in [0.2, 0.25) is 0 Å². The SMILES string of the molecule is CCOC(=O)C(N)(CCCN)C(F)F.Cl.Cl. The number of alkyl halides is 2. The predicted molar refractivity (Wildman–Crippen MR) is 62.3 cm³/mol. The Balaban J connectivity index is -0.000000845. The highest BCUT2D eigenvalue weighted by Crippen LogP contribution is 2.20. The van der Waals surface area contributed by atoms with Gasteiger partial charge in [0.2, 0.25) is 0 Å². The van der Waals surface area contributed by atoms with Crippen LogP contribution in [-0.4, -0.2) is 31.1 Å². The first-order valence-electron chi connectivity index (χ1n) is 4.43. The van der Waals surface area contributed by atoms with Crippen LogP contribution >= 0.6 is 24.8 Å². The molecule has 0 saturated carbocycles. The van der Waals surface area contributed by atoms with Crippen LogP contribution in [0.4, 0.5) is 8.78 Å². The molecule has 4 nitrogen and oxygen atoms in total. The van der Waals surface area contributed by atoms with E-state index in [1.807, 2.05) is 0 Å². The van der Waals surface area contributed by atoms with Gasteiger partial charge in [-0.15, -0.1) is 24.8 Å². The third kappa shape index (κ3) is 5.79. The van der Waals surface area contributed by atoms with Gasteiger partial charge in [0.1, 0.15) is 0 Å². The van der Waals surface area contributed by atoms with Gasteiger partial charge in [0.25, 0.3) is 6.43 Å². The van der Waals surface area contributed by atoms with Crippen molar-refractivity contribution in [1.29, 1.82) is 0 Å². The first-order valence-corrected chi connectivity index (χ1v) is 4.43. The topological polar surface area (TPSA) is 78.3 Å². The van der Waals surface area contributed by atoms with E-state index in [1.54, 1.807) is 0 Å². The van der Waals surface area contributed by atoms with Crippen molar-refractivity contribution >= 4 is 30.8 Å². The lowest BCUT2D eigenvalue weighted by molar-refractivity contribution is -0.156. The lowest BCUT2D eigenvalue weighted by Gasteiger charge is -2.25. The van der Waals surface area contributed by atoms with Gasteiger partial charge in [-0.1, -0.05) is 0 Å². The fourth-order valence-electron chi connectivity index (χ4n) is 0.960. The molecule has 0 aromatic rings. The summed E-state index contributed by atoms with van der Waals surface area (Å²) < 4.78 is 29.5. The second-order valence-corrected chi connectivity index (χ2v) is 2.95. The van der Waals surface area contributed by atoms with E-state index in [-0.39, 0.29) is 50.8 Å². The highest BCUT2D eigenvalue weighted by molar-refractivity contribution is 5.85. The molecule has 0 spiro atoms. The molecule has 0 saturated heterocycles. The van der Waals surface area contributed by atoms with Crippen LogP contribution < -0.4 is 11.5 Å². The number of carbonyl (C=O) groups is 1. The molecule has 0 aliphatic heterocycles. The average molecular weight is 283 g/mol. The zero-order valence-corrected chi connectivity index (χ0v) is 10.6. The van der Waals surface area contributed by atoms with E-state index in [9.17, 15) is 13.6 Å². The lowest BCUT2D eigenvalue weighted by atomic mass is 9.95. The van der Waals surface area contributed by atoms with E-state index >= 15 is 0 Å². The Hall–Kier alpha value is -0.170. The fourth-order valence-corrected chi connectivity index (χ4v) is 0.960. The number of nitrogens with two attached hydrogens (primary N) is 2. The summed E-state index contributed by atoms with van der Waals surface area (Å²) in [4.78, 5) is 11.1. The Morgan fingerprint density at radius 3 is 2.25 bits per heavy atom. The van der Waals surface area contributed by atoms with Crippen molar-refractivity contribution in [3.8, 4) is 0 Å². The standard InChI is InChI=1S/C8H16F2N2O2.2ClH/c1-2-14-7(13)8(12,6(9)10)4-3-5-11;;/h6H,2-5,11-12H2,1H3;2*1H. The van der Waals surface area contributed by atoms with E-state index in [2.05, 4.69) is 4.74 Å². The average Bonchev–Trinajstić information content (AvgIpc) is 2.14. The minimum atomic E-state index is -2.94. The monoisotopic (exact) mass is 282 g/mol. The van der Waals surface area contributed by atoms with E-state index in [1.165, 1.54) is 6.92 Å². The van der Waals surface area contributed by atoms with Crippen molar-refractivity contribution in [2.45, 2.75) is 31.7 Å². The van der Waals surface area contributed by atoms with E-state index < -0.39 is 17.9 Å². The number of carbonyl (C=O) groups excluding carboxylic acids is 1. The van der Waals surface area contributed by atoms with Crippen molar-refractivity contribution in [3.05, 3.63) is 0 Å². The molecule has 0 aliphatic carbocycles. The number of halogens is 4. The van der Waals surface area contributed by atoms with Crippen LogP contribution in [0.5, 0.6) is 0 Å². The summed E-state index contributed by atoms with van der Waals surface area (Å²) in [5, 5.41) is 0. The molecule has 0 radical (unpaired) electrons. The van der Waals surface area contributed by atoms with Gasteiger partial charge in [-0.3, -0.25) is 0 Å². The highest BCUT2D eigenvalue weighted by atomic mass is 35.5. The molecular weight excluding hydrogens is 265 g/mol. The molecule has 16 heavy (non-hydrogen) atoms. The van der Waals surface area contributed by atoms with Gasteiger partial charge in [-0.25, -0.2) is 13.6 Å². The Morgan fingerprint density at radius 2 is 1.94 bits per heavy atom. The van der Waals surface area contributed by atoms with Crippen LogP contribution in [-0.2, 0) is 9.53 Å². The summed E-state index contributed by atoms with van der Waals surface area (Å²) in [7, 11) is 0. The molecule has 8 heteroatoms. The van der Waals surface area contributed by atoms with Gasteiger partial charge in [0.05, 0.1) is 6.61 Å². The zero-order valence-electron chi connectivity index (χ0n) is 8.95. The van der Waals surface area contributed by atoms with Crippen LogP contribution in [0.15, 0.2) is 0 Å². The molecule has 1 unspecified atom stereocenters. The van der Waals surface area contributed by atoms with Crippen LogP contribution in [0.25, 0.3) is 0 Å². The summed E-state index contributed by atoms with van der Waals surface area (Å²) >= 11 is 0. The van der Waals surface area contributed by atoms with E-state index in [4.69, 9.17) is 11.5 Å². The minimum Gasteiger partial charge on any atom is -0.464 e. The quantitative estimate of drug-likeness (QED) is 0.715. The molecule has 100 valence electrons. The summed E-state index contributed by atoms with van der Waals surface area (Å²) in [6.45, 7) is 1.78. The molecule has 0 aliphatic rings. The molecule has 4 N–H and O–H groups in total. The lowest BCUT2D eigenvalue weighted by Crippen LogP contribution is -2.55. The van der Waals surface area contributed by atoms with Gasteiger partial charge in [-0.2, -0.15) is 0 Å². The maximum atomic E-state index is 12.5. The molecule has 1 atom stereocenters. The Kier molecular flexibility index (Phi) is 13.2. The summed E-state index contributed by atoms with van der Waals surface area (Å²) in [5.41, 5.74) is 8.22. The summed E-state index contributed by atoms with van der Waals surface area (Å²) in [6, 6.07) is 0. The molecule has 0 bridgehead atoms. The maximum absolute atomic E-state index is 12.5. The molecular formula is C8H18Cl2F2N2O2. The van der Waals surface area contributed by atoms with Gasteiger partial charge < -0.3 is 16.2 Å². The highest BCUT2D eigenvalue weighted by Gasteiger charge is 2.44. The van der Waals surface area contributed by atoms with Crippen molar-refractivity contribution in [2.24, 2.45) is 11.5 Å². The van der Waals surface area contributed by atoms with Gasteiger partial charge in [0, 0.05) is 0 Å². The number of esters is 1. The number of hydrogen-bond acceptors (Lipinski definition) is 4. The molecule has 0 aromatic heterocycles. The normalized spacial score (nSPS) is 13.4. The number of ether oxygens (including phenoxy) is 1. The first kappa shape index (κ1) is 21.1. The van der Waals surface area contributed by atoms with Crippen LogP contribution in [0, 0.1) is 0 Å². The van der Waals surface area contributed by atoms with Crippen LogP contribution in [0.3, 0.4) is 0 Å². The van der Waals surface area contributed by atoms with E-state index in [0.717, 1.165) is 0 Å². The van der Waals surface area contributed by atoms with E-state index in [0.29, 0.717) is 0 Å². The fraction of sp³-hybridized carbons (Fsp3) is 0.875. The molecule has 0 rings (SSSR count).